The molecule has 0 saturated heterocycles. The fraction of sp³-hybridized carbons (Fsp3) is 0.0154. The van der Waals surface area contributed by atoms with Gasteiger partial charge in [0.05, 0.1) is 28.0 Å². The zero-order chi connectivity index (χ0) is 45.5. The number of benzene rings is 8. The summed E-state index contributed by atoms with van der Waals surface area (Å²) in [4.78, 5) is 19.4. The first-order valence-corrected chi connectivity index (χ1v) is 23.5. The summed E-state index contributed by atoms with van der Waals surface area (Å²) >= 11 is 0. The fourth-order valence-corrected chi connectivity index (χ4v) is 11.4. The molecule has 14 rings (SSSR count). The van der Waals surface area contributed by atoms with Crippen molar-refractivity contribution in [3.63, 3.8) is 0 Å². The lowest BCUT2D eigenvalue weighted by atomic mass is 9.70. The molecule has 4 aromatic heterocycles. The van der Waals surface area contributed by atoms with Crippen LogP contribution in [0.4, 0.5) is 0 Å². The van der Waals surface area contributed by atoms with Crippen molar-refractivity contribution in [2.24, 2.45) is 0 Å². The lowest BCUT2D eigenvalue weighted by molar-refractivity contribution is 0.795. The maximum atomic E-state index is 5.52. The molecule has 0 N–H and O–H groups in total. The van der Waals surface area contributed by atoms with Crippen molar-refractivity contribution in [3.05, 3.63) is 265 Å². The summed E-state index contributed by atoms with van der Waals surface area (Å²) in [6, 6.07) is 79.5. The topological polar surface area (TPSA) is 51.6 Å². The van der Waals surface area contributed by atoms with Gasteiger partial charge in [0, 0.05) is 52.3 Å². The Morgan fingerprint density at radius 3 is 1.35 bits per heavy atom. The van der Waals surface area contributed by atoms with Crippen LogP contribution >= 0.6 is 0 Å². The monoisotopic (exact) mass is 876 g/mol. The van der Waals surface area contributed by atoms with Crippen LogP contribution in [0.15, 0.2) is 243 Å². The SMILES string of the molecule is c1cc(-c2cc(-c3ccc(-c4ccncc4)cc3)cc(-c3ccc(-c4ccncc4)cc3)n2)cc(-c2nc3ccccc3c3cc4c(cc23)-c2ccccc2C42c3ccccc3-c3ccccc32)c1. The maximum Gasteiger partial charge on any atom is 0.0788 e. The van der Waals surface area contributed by atoms with Crippen LogP contribution in [-0.4, -0.2) is 19.9 Å². The van der Waals surface area contributed by atoms with Crippen LogP contribution in [0.2, 0.25) is 0 Å². The first-order chi connectivity index (χ1) is 34.2. The van der Waals surface area contributed by atoms with Crippen molar-refractivity contribution in [2.75, 3.05) is 0 Å². The van der Waals surface area contributed by atoms with Crippen molar-refractivity contribution < 1.29 is 0 Å². The third-order valence-electron chi connectivity index (χ3n) is 14.5. The third kappa shape index (κ3) is 6.09. The molecule has 8 aromatic carbocycles. The number of hydrogen-bond acceptors (Lipinski definition) is 4. The molecule has 0 saturated carbocycles. The molecule has 0 aliphatic heterocycles. The minimum Gasteiger partial charge on any atom is -0.265 e. The quantitative estimate of drug-likeness (QED) is 0.156. The predicted octanol–water partition coefficient (Wildman–Crippen LogP) is 15.9. The van der Waals surface area contributed by atoms with E-state index in [-0.39, 0.29) is 0 Å². The number of pyridine rings is 4. The molecule has 0 fully saturated rings. The van der Waals surface area contributed by atoms with Crippen LogP contribution in [0, 0.1) is 0 Å². The molecular weight excluding hydrogens is 837 g/mol. The van der Waals surface area contributed by atoms with Gasteiger partial charge in [0.2, 0.25) is 0 Å². The largest absolute Gasteiger partial charge is 0.265 e. The van der Waals surface area contributed by atoms with E-state index in [1.807, 2.05) is 49.1 Å². The van der Waals surface area contributed by atoms with Gasteiger partial charge in [0.1, 0.15) is 0 Å². The van der Waals surface area contributed by atoms with E-state index >= 15 is 0 Å². The lowest BCUT2D eigenvalue weighted by Gasteiger charge is -2.30. The molecular formula is C65H40N4. The number of para-hydroxylation sites is 1. The molecule has 0 amide bonds. The summed E-state index contributed by atoms with van der Waals surface area (Å²) in [6.45, 7) is 0. The van der Waals surface area contributed by atoms with Crippen LogP contribution in [0.1, 0.15) is 22.3 Å². The summed E-state index contributed by atoms with van der Waals surface area (Å²) in [5.74, 6) is 0. The van der Waals surface area contributed by atoms with E-state index in [2.05, 4.69) is 204 Å². The van der Waals surface area contributed by atoms with Crippen molar-refractivity contribution in [2.45, 2.75) is 5.41 Å². The van der Waals surface area contributed by atoms with Crippen LogP contribution in [0.25, 0.3) is 111 Å². The lowest BCUT2D eigenvalue weighted by Crippen LogP contribution is -2.25. The summed E-state index contributed by atoms with van der Waals surface area (Å²) in [7, 11) is 0. The maximum absolute atomic E-state index is 5.52. The molecule has 0 bridgehead atoms. The summed E-state index contributed by atoms with van der Waals surface area (Å²) in [5, 5.41) is 3.47. The molecule has 1 spiro atoms. The Hall–Kier alpha value is -9.12. The Kier molecular flexibility index (Phi) is 8.77. The molecule has 2 aliphatic rings. The van der Waals surface area contributed by atoms with E-state index < -0.39 is 5.41 Å². The highest BCUT2D eigenvalue weighted by Crippen LogP contribution is 2.63. The molecule has 0 atom stereocenters. The zero-order valence-electron chi connectivity index (χ0n) is 37.4. The fourth-order valence-electron chi connectivity index (χ4n) is 11.4. The van der Waals surface area contributed by atoms with Crippen LogP contribution in [0.5, 0.6) is 0 Å². The number of nitrogens with zero attached hydrogens (tertiary/aromatic N) is 4. The van der Waals surface area contributed by atoms with Gasteiger partial charge in [-0.25, -0.2) is 9.97 Å². The highest BCUT2D eigenvalue weighted by Gasteiger charge is 2.51. The average Bonchev–Trinajstić information content (AvgIpc) is 3.90. The number of rotatable bonds is 6. The van der Waals surface area contributed by atoms with Crippen molar-refractivity contribution in [3.8, 4) is 89.4 Å². The summed E-state index contributed by atoms with van der Waals surface area (Å²) in [5.41, 5.74) is 23.6. The molecule has 4 heterocycles. The average molecular weight is 877 g/mol. The second kappa shape index (κ2) is 15.5. The molecule has 0 radical (unpaired) electrons. The van der Waals surface area contributed by atoms with Gasteiger partial charge in [0.25, 0.3) is 0 Å². The molecule has 320 valence electrons. The zero-order valence-corrected chi connectivity index (χ0v) is 37.4. The van der Waals surface area contributed by atoms with E-state index in [0.29, 0.717) is 0 Å². The van der Waals surface area contributed by atoms with Gasteiger partial charge in [-0.1, -0.05) is 158 Å². The van der Waals surface area contributed by atoms with Gasteiger partial charge in [-0.2, -0.15) is 0 Å². The van der Waals surface area contributed by atoms with Gasteiger partial charge in [-0.05, 0) is 144 Å². The second-order valence-corrected chi connectivity index (χ2v) is 18.1. The van der Waals surface area contributed by atoms with Crippen LogP contribution in [-0.2, 0) is 5.41 Å². The van der Waals surface area contributed by atoms with E-state index in [1.165, 1.54) is 49.9 Å². The van der Waals surface area contributed by atoms with Gasteiger partial charge >= 0.3 is 0 Å². The van der Waals surface area contributed by atoms with Gasteiger partial charge in [0.15, 0.2) is 0 Å². The number of fused-ring (bicyclic) bond motifs is 13. The Balaban J connectivity index is 0.949. The molecule has 4 heteroatoms. The Morgan fingerprint density at radius 1 is 0.261 bits per heavy atom. The first kappa shape index (κ1) is 39.1. The molecule has 0 unspecified atom stereocenters. The van der Waals surface area contributed by atoms with Gasteiger partial charge < -0.3 is 0 Å². The first-order valence-electron chi connectivity index (χ1n) is 23.5. The molecule has 12 aromatic rings. The molecule has 4 nitrogen and oxygen atoms in total. The van der Waals surface area contributed by atoms with Crippen LogP contribution in [0.3, 0.4) is 0 Å². The van der Waals surface area contributed by atoms with Crippen molar-refractivity contribution >= 4 is 21.7 Å². The summed E-state index contributed by atoms with van der Waals surface area (Å²) < 4.78 is 0. The summed E-state index contributed by atoms with van der Waals surface area (Å²) in [6.07, 6.45) is 7.34. The molecule has 2 aliphatic carbocycles. The van der Waals surface area contributed by atoms with E-state index in [4.69, 9.17) is 9.97 Å². The number of aromatic nitrogens is 4. The normalized spacial score (nSPS) is 12.8. The Bertz CT molecular complexity index is 3850. The molecule has 69 heavy (non-hydrogen) atoms. The third-order valence-corrected chi connectivity index (χ3v) is 14.5. The van der Waals surface area contributed by atoms with E-state index in [9.17, 15) is 0 Å². The second-order valence-electron chi connectivity index (χ2n) is 18.1. The van der Waals surface area contributed by atoms with Crippen LogP contribution < -0.4 is 0 Å². The standard InChI is InChI=1S/C65H40N4/c1-5-16-57-50(12-1)51-13-2-6-17-58(51)65(57)59-18-7-3-14-52(59)55-39-56-54(40-60(55)65)53-15-4-8-19-61(53)69-64(56)48-11-9-10-47(36-48)63-38-49(43-22-20-41(21-23-43)44-28-32-66-33-29-44)37-62(68-63)46-26-24-42(25-27-46)45-30-34-67-35-31-45/h1-40H. The van der Waals surface area contributed by atoms with Gasteiger partial charge in [-0.15, -0.1) is 0 Å². The smallest absolute Gasteiger partial charge is 0.0788 e. The highest BCUT2D eigenvalue weighted by atomic mass is 14.7. The minimum atomic E-state index is -0.440. The Labute approximate surface area is 400 Å². The highest BCUT2D eigenvalue weighted by molar-refractivity contribution is 6.14. The van der Waals surface area contributed by atoms with Crippen molar-refractivity contribution in [1.29, 1.82) is 0 Å². The Morgan fingerprint density at radius 2 is 0.739 bits per heavy atom. The van der Waals surface area contributed by atoms with E-state index in [1.54, 1.807) is 0 Å². The van der Waals surface area contributed by atoms with E-state index in [0.717, 1.165) is 83.4 Å². The predicted molar refractivity (Wildman–Crippen MR) is 282 cm³/mol. The number of hydrogen-bond donors (Lipinski definition) is 0. The van der Waals surface area contributed by atoms with Gasteiger partial charge in [-0.3, -0.25) is 9.97 Å². The van der Waals surface area contributed by atoms with Crippen molar-refractivity contribution in [1.82, 2.24) is 19.9 Å². The minimum absolute atomic E-state index is 0.440.